The monoisotopic (exact) mass is 262 g/mol. The fraction of sp³-hybridized carbons (Fsp3) is 0.941. The van der Waals surface area contributed by atoms with Crippen LogP contribution in [0.2, 0.25) is 0 Å². The van der Waals surface area contributed by atoms with Gasteiger partial charge in [0.1, 0.15) is 5.78 Å². The van der Waals surface area contributed by atoms with Crippen LogP contribution in [0.5, 0.6) is 0 Å². The van der Waals surface area contributed by atoms with Gasteiger partial charge in [-0.3, -0.25) is 4.79 Å². The second-order valence-electron chi connectivity index (χ2n) is 7.97. The summed E-state index contributed by atoms with van der Waals surface area (Å²) in [6.45, 7) is 1.56. The molecule has 0 aromatic rings. The van der Waals surface area contributed by atoms with Crippen molar-refractivity contribution in [1.29, 1.82) is 0 Å². The first-order chi connectivity index (χ1) is 9.22. The molecule has 0 aromatic carbocycles. The molecular weight excluding hydrogens is 236 g/mol. The number of carbonyl (C=O) groups excluding carboxylic acids is 1. The predicted octanol–water partition coefficient (Wildman–Crippen LogP) is 3.59. The lowest BCUT2D eigenvalue weighted by Gasteiger charge is -2.57. The predicted molar refractivity (Wildman–Crippen MR) is 73.8 cm³/mol. The number of ketones is 1. The number of hydrogen-bond donors (Lipinski definition) is 0. The van der Waals surface area contributed by atoms with Crippen LogP contribution in [0.4, 0.5) is 0 Å². The van der Waals surface area contributed by atoms with Crippen LogP contribution in [0.25, 0.3) is 0 Å². The van der Waals surface area contributed by atoms with Crippen LogP contribution in [-0.4, -0.2) is 19.0 Å². The van der Waals surface area contributed by atoms with E-state index in [2.05, 4.69) is 0 Å². The molecule has 2 heteroatoms. The highest BCUT2D eigenvalue weighted by molar-refractivity contribution is 5.82. The number of hydrogen-bond acceptors (Lipinski definition) is 2. The molecule has 4 bridgehead atoms. The normalized spacial score (nSPS) is 48.4. The van der Waals surface area contributed by atoms with Crippen LogP contribution in [0.1, 0.15) is 57.8 Å². The maximum Gasteiger partial charge on any atom is 0.138 e. The molecule has 5 aliphatic rings. The Hall–Kier alpha value is -0.370. The van der Waals surface area contributed by atoms with Gasteiger partial charge in [0.25, 0.3) is 0 Å². The molecule has 1 heterocycles. The van der Waals surface area contributed by atoms with Gasteiger partial charge in [-0.25, -0.2) is 0 Å². The van der Waals surface area contributed by atoms with E-state index in [9.17, 15) is 4.79 Å². The average Bonchev–Trinajstić information content (AvgIpc) is 2.37. The second kappa shape index (κ2) is 4.58. The summed E-state index contributed by atoms with van der Waals surface area (Å²) in [5, 5.41) is 0. The van der Waals surface area contributed by atoms with E-state index in [1.807, 2.05) is 0 Å². The summed E-state index contributed by atoms with van der Waals surface area (Å²) < 4.78 is 5.50. The van der Waals surface area contributed by atoms with E-state index in [0.29, 0.717) is 17.8 Å². The minimum atomic E-state index is 0.224. The lowest BCUT2D eigenvalue weighted by Crippen LogP contribution is -2.47. The summed E-state index contributed by atoms with van der Waals surface area (Å²) in [6, 6.07) is 0. The molecule has 5 fully saturated rings. The fourth-order valence-electron chi connectivity index (χ4n) is 6.02. The van der Waals surface area contributed by atoms with Crippen LogP contribution >= 0.6 is 0 Å². The van der Waals surface area contributed by atoms with E-state index < -0.39 is 0 Å². The molecule has 4 aliphatic carbocycles. The van der Waals surface area contributed by atoms with Crippen LogP contribution in [0.3, 0.4) is 0 Å². The first-order valence-corrected chi connectivity index (χ1v) is 8.33. The highest BCUT2D eigenvalue weighted by Crippen LogP contribution is 2.61. The topological polar surface area (TPSA) is 26.3 Å². The Labute approximate surface area is 116 Å². The molecule has 0 spiro atoms. The Bertz CT molecular complexity index is 332. The summed E-state index contributed by atoms with van der Waals surface area (Å²) in [7, 11) is 0. The first kappa shape index (κ1) is 12.4. The van der Waals surface area contributed by atoms with Crippen LogP contribution in [-0.2, 0) is 9.53 Å². The fourth-order valence-corrected chi connectivity index (χ4v) is 6.02. The number of Topliss-reactive ketones (excluding diaryl/α,β-unsaturated/α-hetero) is 1. The Morgan fingerprint density at radius 1 is 1.05 bits per heavy atom. The molecule has 0 amide bonds. The zero-order chi connectivity index (χ0) is 12.9. The van der Waals surface area contributed by atoms with E-state index in [1.54, 1.807) is 0 Å². The minimum absolute atomic E-state index is 0.224. The van der Waals surface area contributed by atoms with Gasteiger partial charge in [-0.05, 0) is 74.5 Å². The molecule has 1 aliphatic heterocycles. The quantitative estimate of drug-likeness (QED) is 0.777. The number of ether oxygens (including phenoxy) is 1. The van der Waals surface area contributed by atoms with E-state index in [-0.39, 0.29) is 5.92 Å². The Morgan fingerprint density at radius 3 is 2.21 bits per heavy atom. The molecule has 0 N–H and O–H groups in total. The standard InChI is InChI=1S/C17H26O2/c18-16(15-2-1-3-19-11-15)10-17-7-12-4-13(8-17)6-14(5-12)9-17/h12-15H,1-11H2. The molecule has 0 aromatic heterocycles. The molecule has 4 saturated carbocycles. The van der Waals surface area contributed by atoms with Crippen LogP contribution in [0.15, 0.2) is 0 Å². The van der Waals surface area contributed by atoms with Gasteiger partial charge in [0.05, 0.1) is 6.61 Å². The number of carbonyl (C=O) groups is 1. The Kier molecular flexibility index (Phi) is 2.98. The van der Waals surface area contributed by atoms with E-state index in [4.69, 9.17) is 4.74 Å². The highest BCUT2D eigenvalue weighted by atomic mass is 16.5. The van der Waals surface area contributed by atoms with Crippen molar-refractivity contribution in [2.75, 3.05) is 13.2 Å². The zero-order valence-electron chi connectivity index (χ0n) is 11.9. The maximum atomic E-state index is 12.6. The van der Waals surface area contributed by atoms with E-state index in [0.717, 1.165) is 43.6 Å². The third kappa shape index (κ3) is 2.26. The molecular formula is C17H26O2. The van der Waals surface area contributed by atoms with Crippen LogP contribution in [0, 0.1) is 29.1 Å². The smallest absolute Gasteiger partial charge is 0.138 e. The number of rotatable bonds is 3. The second-order valence-corrected chi connectivity index (χ2v) is 7.97. The SMILES string of the molecule is O=C(CC12CC3CC(CC(C3)C1)C2)C1CCCOC1. The largest absolute Gasteiger partial charge is 0.381 e. The molecule has 1 unspecified atom stereocenters. The molecule has 0 radical (unpaired) electrons. The van der Waals surface area contributed by atoms with Crippen molar-refractivity contribution in [3.05, 3.63) is 0 Å². The van der Waals surface area contributed by atoms with E-state index in [1.165, 1.54) is 38.5 Å². The van der Waals surface area contributed by atoms with Gasteiger partial charge < -0.3 is 4.74 Å². The summed E-state index contributed by atoms with van der Waals surface area (Å²) in [5.74, 6) is 3.63. The average molecular weight is 262 g/mol. The molecule has 5 rings (SSSR count). The van der Waals surface area contributed by atoms with Crippen LogP contribution < -0.4 is 0 Å². The Morgan fingerprint density at radius 2 is 1.68 bits per heavy atom. The van der Waals surface area contributed by atoms with Gasteiger partial charge in [-0.1, -0.05) is 0 Å². The van der Waals surface area contributed by atoms with Gasteiger partial charge in [0.2, 0.25) is 0 Å². The van der Waals surface area contributed by atoms with Crippen molar-refractivity contribution in [3.63, 3.8) is 0 Å². The summed E-state index contributed by atoms with van der Waals surface area (Å²) in [6.07, 6.45) is 11.5. The van der Waals surface area contributed by atoms with Gasteiger partial charge in [-0.2, -0.15) is 0 Å². The van der Waals surface area contributed by atoms with E-state index >= 15 is 0 Å². The third-order valence-corrected chi connectivity index (χ3v) is 6.33. The van der Waals surface area contributed by atoms with Crippen molar-refractivity contribution in [3.8, 4) is 0 Å². The molecule has 19 heavy (non-hydrogen) atoms. The lowest BCUT2D eigenvalue weighted by molar-refractivity contribution is -0.134. The first-order valence-electron chi connectivity index (χ1n) is 8.33. The van der Waals surface area contributed by atoms with Crippen molar-refractivity contribution < 1.29 is 9.53 Å². The van der Waals surface area contributed by atoms with Crippen molar-refractivity contribution in [1.82, 2.24) is 0 Å². The van der Waals surface area contributed by atoms with Gasteiger partial charge >= 0.3 is 0 Å². The van der Waals surface area contributed by atoms with Gasteiger partial charge in [0.15, 0.2) is 0 Å². The minimum Gasteiger partial charge on any atom is -0.381 e. The molecule has 106 valence electrons. The van der Waals surface area contributed by atoms with Crippen molar-refractivity contribution >= 4 is 5.78 Å². The maximum absolute atomic E-state index is 12.6. The van der Waals surface area contributed by atoms with Crippen molar-refractivity contribution in [2.24, 2.45) is 29.1 Å². The third-order valence-electron chi connectivity index (χ3n) is 6.33. The highest BCUT2D eigenvalue weighted by Gasteiger charge is 2.51. The summed E-state index contributed by atoms with van der Waals surface area (Å²) in [5.41, 5.74) is 0.420. The summed E-state index contributed by atoms with van der Waals surface area (Å²) in [4.78, 5) is 12.6. The molecule has 1 saturated heterocycles. The summed E-state index contributed by atoms with van der Waals surface area (Å²) >= 11 is 0. The van der Waals surface area contributed by atoms with Gasteiger partial charge in [0, 0.05) is 18.9 Å². The zero-order valence-corrected chi connectivity index (χ0v) is 11.9. The van der Waals surface area contributed by atoms with Gasteiger partial charge in [-0.15, -0.1) is 0 Å². The molecule has 2 nitrogen and oxygen atoms in total. The molecule has 1 atom stereocenters. The Balaban J connectivity index is 1.45. The lowest BCUT2D eigenvalue weighted by atomic mass is 9.48. The van der Waals surface area contributed by atoms with Crippen molar-refractivity contribution in [2.45, 2.75) is 57.8 Å².